The second-order valence-electron chi connectivity index (χ2n) is 8.49. The molecule has 4 aliphatic carbocycles. The Morgan fingerprint density at radius 3 is 2.89 bits per heavy atom. The highest BCUT2D eigenvalue weighted by atomic mass is 14.6. The molecule has 0 aliphatic heterocycles. The van der Waals surface area contributed by atoms with Crippen LogP contribution in [0.1, 0.15) is 65.2 Å². The van der Waals surface area contributed by atoms with Gasteiger partial charge in [-0.25, -0.2) is 0 Å². The molecule has 0 spiro atoms. The molecule has 3 fully saturated rings. The Balaban J connectivity index is 1.67. The molecule has 0 radical (unpaired) electrons. The maximum absolute atomic E-state index is 2.63. The Bertz CT molecular complexity index is 381. The molecule has 3 saturated carbocycles. The predicted molar refractivity (Wildman–Crippen MR) is 80.8 cm³/mol. The minimum Gasteiger partial charge on any atom is -0.0882 e. The van der Waals surface area contributed by atoms with Crippen molar-refractivity contribution in [2.45, 2.75) is 65.2 Å². The SMILES string of the molecule is C[C@@H]1CC2CCC=C[C@@H]2[C@H]2CC[C@]3(C)CCC[C@H]3[C@@H]21. The molecule has 0 saturated heterocycles. The van der Waals surface area contributed by atoms with Gasteiger partial charge in [-0.3, -0.25) is 0 Å². The van der Waals surface area contributed by atoms with Crippen LogP contribution in [0.25, 0.3) is 0 Å². The first-order chi connectivity index (χ1) is 9.19. The molecule has 19 heavy (non-hydrogen) atoms. The minimum absolute atomic E-state index is 0.723. The Morgan fingerprint density at radius 1 is 1.11 bits per heavy atom. The molecule has 0 aromatic carbocycles. The van der Waals surface area contributed by atoms with Crippen LogP contribution in [0, 0.1) is 40.9 Å². The highest BCUT2D eigenvalue weighted by molar-refractivity contribution is 5.09. The third-order valence-corrected chi connectivity index (χ3v) is 7.60. The molecule has 4 rings (SSSR count). The molecule has 0 heterocycles. The number of fused-ring (bicyclic) bond motifs is 5. The number of hydrogen-bond acceptors (Lipinski definition) is 0. The molecule has 0 bridgehead atoms. The molecular formula is C19H30. The molecular weight excluding hydrogens is 228 g/mol. The van der Waals surface area contributed by atoms with Gasteiger partial charge in [0.05, 0.1) is 0 Å². The quantitative estimate of drug-likeness (QED) is 0.507. The summed E-state index contributed by atoms with van der Waals surface area (Å²) in [6.45, 7) is 5.21. The standard InChI is InChI=1S/C19H30/c1-13-12-14-6-3-4-7-15(14)16-9-11-19(2)10-5-8-17(19)18(13)16/h4,7,13-18H,3,5-6,8-12H2,1-2H3/t13-,14?,15+,16-,17+,18-,19+/m1/s1. The highest BCUT2D eigenvalue weighted by Crippen LogP contribution is 2.63. The fraction of sp³-hybridized carbons (Fsp3) is 0.895. The average molecular weight is 258 g/mol. The van der Waals surface area contributed by atoms with E-state index in [9.17, 15) is 0 Å². The van der Waals surface area contributed by atoms with Crippen LogP contribution in [0.3, 0.4) is 0 Å². The molecule has 7 atom stereocenters. The van der Waals surface area contributed by atoms with Crippen molar-refractivity contribution >= 4 is 0 Å². The second-order valence-corrected chi connectivity index (χ2v) is 8.49. The van der Waals surface area contributed by atoms with E-state index in [1.807, 2.05) is 0 Å². The monoisotopic (exact) mass is 258 g/mol. The topological polar surface area (TPSA) is 0 Å². The Morgan fingerprint density at radius 2 is 2.00 bits per heavy atom. The smallest absolute Gasteiger partial charge is 0.0174 e. The van der Waals surface area contributed by atoms with Crippen molar-refractivity contribution in [2.24, 2.45) is 40.9 Å². The number of rotatable bonds is 0. The predicted octanol–water partition coefficient (Wildman–Crippen LogP) is 5.44. The lowest BCUT2D eigenvalue weighted by Gasteiger charge is -2.56. The normalized spacial score (nSPS) is 56.3. The highest BCUT2D eigenvalue weighted by Gasteiger charge is 2.54. The van der Waals surface area contributed by atoms with E-state index >= 15 is 0 Å². The van der Waals surface area contributed by atoms with Gasteiger partial charge in [-0.2, -0.15) is 0 Å². The molecule has 0 heteroatoms. The van der Waals surface area contributed by atoms with Crippen molar-refractivity contribution in [3.05, 3.63) is 12.2 Å². The van der Waals surface area contributed by atoms with E-state index in [2.05, 4.69) is 26.0 Å². The average Bonchev–Trinajstić information content (AvgIpc) is 2.80. The van der Waals surface area contributed by atoms with E-state index in [4.69, 9.17) is 0 Å². The zero-order chi connectivity index (χ0) is 13.0. The van der Waals surface area contributed by atoms with Crippen molar-refractivity contribution in [3.63, 3.8) is 0 Å². The number of hydrogen-bond donors (Lipinski definition) is 0. The number of allylic oxidation sites excluding steroid dienone is 2. The molecule has 4 aliphatic rings. The third-order valence-electron chi connectivity index (χ3n) is 7.60. The van der Waals surface area contributed by atoms with Crippen molar-refractivity contribution in [1.29, 1.82) is 0 Å². The molecule has 106 valence electrons. The molecule has 0 N–H and O–H groups in total. The Kier molecular flexibility index (Phi) is 2.87. The van der Waals surface area contributed by atoms with Gasteiger partial charge < -0.3 is 0 Å². The fourth-order valence-corrected chi connectivity index (χ4v) is 6.80. The van der Waals surface area contributed by atoms with Crippen molar-refractivity contribution < 1.29 is 0 Å². The maximum atomic E-state index is 2.63. The maximum Gasteiger partial charge on any atom is -0.0174 e. The van der Waals surface area contributed by atoms with Crippen LogP contribution >= 0.6 is 0 Å². The van der Waals surface area contributed by atoms with Gasteiger partial charge in [-0.15, -0.1) is 0 Å². The summed E-state index contributed by atoms with van der Waals surface area (Å²) < 4.78 is 0. The van der Waals surface area contributed by atoms with E-state index in [1.54, 1.807) is 6.42 Å². The molecule has 0 nitrogen and oxygen atoms in total. The van der Waals surface area contributed by atoms with E-state index in [0.29, 0.717) is 0 Å². The zero-order valence-corrected chi connectivity index (χ0v) is 12.8. The van der Waals surface area contributed by atoms with E-state index in [0.717, 1.165) is 40.9 Å². The first-order valence-corrected chi connectivity index (χ1v) is 8.86. The first-order valence-electron chi connectivity index (χ1n) is 8.86. The van der Waals surface area contributed by atoms with Crippen molar-refractivity contribution in [3.8, 4) is 0 Å². The molecule has 0 aromatic heterocycles. The van der Waals surface area contributed by atoms with Gasteiger partial charge in [0, 0.05) is 0 Å². The second kappa shape index (κ2) is 4.37. The summed E-state index contributed by atoms with van der Waals surface area (Å²) in [4.78, 5) is 0. The summed E-state index contributed by atoms with van der Waals surface area (Å²) in [5.41, 5.74) is 0.723. The van der Waals surface area contributed by atoms with Gasteiger partial charge in [0.2, 0.25) is 0 Å². The first kappa shape index (κ1) is 12.5. The Labute approximate surface area is 119 Å². The molecule has 0 amide bonds. The largest absolute Gasteiger partial charge is 0.0882 e. The Hall–Kier alpha value is -0.260. The van der Waals surface area contributed by atoms with Crippen LogP contribution in [-0.4, -0.2) is 0 Å². The lowest BCUT2D eigenvalue weighted by atomic mass is 9.49. The molecule has 0 aromatic rings. The third kappa shape index (κ3) is 1.78. The summed E-state index contributed by atoms with van der Waals surface area (Å²) in [5, 5.41) is 0. The van der Waals surface area contributed by atoms with Crippen LogP contribution < -0.4 is 0 Å². The van der Waals surface area contributed by atoms with E-state index < -0.39 is 0 Å². The van der Waals surface area contributed by atoms with Crippen LogP contribution in [-0.2, 0) is 0 Å². The summed E-state index contributed by atoms with van der Waals surface area (Å²) >= 11 is 0. The van der Waals surface area contributed by atoms with Gasteiger partial charge in [-0.1, -0.05) is 32.4 Å². The summed E-state index contributed by atoms with van der Waals surface area (Å²) in [5.74, 6) is 6.16. The van der Waals surface area contributed by atoms with Crippen LogP contribution in [0.5, 0.6) is 0 Å². The minimum atomic E-state index is 0.723. The van der Waals surface area contributed by atoms with Gasteiger partial charge in [0.25, 0.3) is 0 Å². The summed E-state index contributed by atoms with van der Waals surface area (Å²) in [6, 6.07) is 0. The van der Waals surface area contributed by atoms with Crippen molar-refractivity contribution in [2.75, 3.05) is 0 Å². The summed E-state index contributed by atoms with van der Waals surface area (Å²) in [7, 11) is 0. The lowest BCUT2D eigenvalue weighted by Crippen LogP contribution is -2.49. The molecule has 1 unspecified atom stereocenters. The van der Waals surface area contributed by atoms with Gasteiger partial charge in [0.1, 0.15) is 0 Å². The van der Waals surface area contributed by atoms with Gasteiger partial charge in [-0.05, 0) is 85.9 Å². The van der Waals surface area contributed by atoms with Gasteiger partial charge in [0.15, 0.2) is 0 Å². The summed E-state index contributed by atoms with van der Waals surface area (Å²) in [6.07, 6.45) is 17.1. The van der Waals surface area contributed by atoms with Crippen LogP contribution in [0.2, 0.25) is 0 Å². The lowest BCUT2D eigenvalue weighted by molar-refractivity contribution is -0.0573. The fourth-order valence-electron chi connectivity index (χ4n) is 6.80. The van der Waals surface area contributed by atoms with E-state index in [1.165, 1.54) is 44.9 Å². The van der Waals surface area contributed by atoms with Crippen LogP contribution in [0.15, 0.2) is 12.2 Å². The van der Waals surface area contributed by atoms with Crippen molar-refractivity contribution in [1.82, 2.24) is 0 Å². The van der Waals surface area contributed by atoms with Gasteiger partial charge >= 0.3 is 0 Å². The van der Waals surface area contributed by atoms with E-state index in [-0.39, 0.29) is 0 Å². The van der Waals surface area contributed by atoms with Crippen LogP contribution in [0.4, 0.5) is 0 Å². The zero-order valence-electron chi connectivity index (χ0n) is 12.8.